The van der Waals surface area contributed by atoms with Crippen LogP contribution >= 0.6 is 0 Å². The van der Waals surface area contributed by atoms with E-state index in [1.54, 1.807) is 6.33 Å². The van der Waals surface area contributed by atoms with Crippen LogP contribution in [-0.4, -0.2) is 22.6 Å². The second-order valence-electron chi connectivity index (χ2n) is 5.95. The summed E-state index contributed by atoms with van der Waals surface area (Å²) >= 11 is 0. The van der Waals surface area contributed by atoms with Gasteiger partial charge in [0.05, 0.1) is 0 Å². The van der Waals surface area contributed by atoms with Crippen molar-refractivity contribution in [1.29, 1.82) is 0 Å². The molecule has 1 atom stereocenters. The largest absolute Gasteiger partial charge is 0.370 e. The fourth-order valence-corrected chi connectivity index (χ4v) is 2.57. The summed E-state index contributed by atoms with van der Waals surface area (Å²) in [5, 5.41) is 7.02. The molecule has 1 fully saturated rings. The van der Waals surface area contributed by atoms with Gasteiger partial charge in [0.15, 0.2) is 0 Å². The summed E-state index contributed by atoms with van der Waals surface area (Å²) in [6.07, 6.45) is 8.97. The number of hydrogen-bond acceptors (Lipinski definition) is 4. The fourth-order valence-electron chi connectivity index (χ4n) is 2.57. The Balaban J connectivity index is 2.07. The van der Waals surface area contributed by atoms with Crippen LogP contribution in [0.25, 0.3) is 0 Å². The molecule has 0 amide bonds. The van der Waals surface area contributed by atoms with Gasteiger partial charge in [-0.1, -0.05) is 33.1 Å². The molecule has 1 unspecified atom stereocenters. The molecule has 0 radical (unpaired) electrons. The Morgan fingerprint density at radius 1 is 1.20 bits per heavy atom. The normalized spacial score (nSPS) is 15.9. The predicted molar refractivity (Wildman–Crippen MR) is 85.2 cm³/mol. The van der Waals surface area contributed by atoms with Crippen molar-refractivity contribution in [2.75, 3.05) is 17.2 Å². The summed E-state index contributed by atoms with van der Waals surface area (Å²) in [5.41, 5.74) is 1.24. The molecule has 1 aromatic rings. The zero-order valence-electron chi connectivity index (χ0n) is 13.1. The van der Waals surface area contributed by atoms with Crippen molar-refractivity contribution in [3.8, 4) is 0 Å². The number of nitrogens with zero attached hydrogens (tertiary/aromatic N) is 2. The maximum Gasteiger partial charge on any atom is 0.134 e. The molecular weight excluding hydrogens is 248 g/mol. The van der Waals surface area contributed by atoms with Crippen LogP contribution in [0.15, 0.2) is 6.33 Å². The highest BCUT2D eigenvalue weighted by Gasteiger charge is 2.24. The van der Waals surface area contributed by atoms with Gasteiger partial charge in [0, 0.05) is 18.2 Å². The quantitative estimate of drug-likeness (QED) is 0.719. The van der Waals surface area contributed by atoms with E-state index in [0.717, 1.165) is 43.4 Å². The highest BCUT2D eigenvalue weighted by Crippen LogP contribution is 2.34. The highest BCUT2D eigenvalue weighted by atomic mass is 15.1. The van der Waals surface area contributed by atoms with Gasteiger partial charge < -0.3 is 10.6 Å². The van der Waals surface area contributed by atoms with Crippen molar-refractivity contribution >= 4 is 11.6 Å². The van der Waals surface area contributed by atoms with E-state index in [-0.39, 0.29) is 0 Å². The van der Waals surface area contributed by atoms with Crippen molar-refractivity contribution in [2.45, 2.75) is 65.3 Å². The monoisotopic (exact) mass is 276 g/mol. The number of anilines is 2. The smallest absolute Gasteiger partial charge is 0.134 e. The van der Waals surface area contributed by atoms with Gasteiger partial charge in [0.1, 0.15) is 18.0 Å². The van der Waals surface area contributed by atoms with Crippen LogP contribution in [0.2, 0.25) is 0 Å². The Labute approximate surface area is 122 Å². The van der Waals surface area contributed by atoms with Gasteiger partial charge in [-0.3, -0.25) is 0 Å². The van der Waals surface area contributed by atoms with Crippen molar-refractivity contribution in [3.05, 3.63) is 11.9 Å². The SMILES string of the molecule is CCCNc1ncnc(NC(C)CC2CC2)c1CCC. The molecule has 1 aliphatic rings. The maximum atomic E-state index is 4.47. The molecule has 1 saturated carbocycles. The lowest BCUT2D eigenvalue weighted by Crippen LogP contribution is -2.19. The second kappa shape index (κ2) is 7.46. The Hall–Kier alpha value is -1.32. The Morgan fingerprint density at radius 2 is 1.95 bits per heavy atom. The molecule has 2 N–H and O–H groups in total. The van der Waals surface area contributed by atoms with E-state index in [9.17, 15) is 0 Å². The Kier molecular flexibility index (Phi) is 5.62. The predicted octanol–water partition coefficient (Wildman–Crippen LogP) is 3.85. The van der Waals surface area contributed by atoms with Crippen LogP contribution in [-0.2, 0) is 6.42 Å². The molecule has 1 heterocycles. The molecule has 0 saturated heterocycles. The fraction of sp³-hybridized carbons (Fsp3) is 0.750. The third kappa shape index (κ3) is 4.36. The number of rotatable bonds is 9. The van der Waals surface area contributed by atoms with Crippen molar-refractivity contribution in [3.63, 3.8) is 0 Å². The van der Waals surface area contributed by atoms with Gasteiger partial charge in [-0.25, -0.2) is 9.97 Å². The van der Waals surface area contributed by atoms with Gasteiger partial charge in [0.25, 0.3) is 0 Å². The molecule has 112 valence electrons. The summed E-state index contributed by atoms with van der Waals surface area (Å²) in [6.45, 7) is 7.60. The number of hydrogen-bond donors (Lipinski definition) is 2. The molecule has 1 aromatic heterocycles. The van der Waals surface area contributed by atoms with Crippen LogP contribution in [0.5, 0.6) is 0 Å². The molecule has 0 spiro atoms. The van der Waals surface area contributed by atoms with Crippen molar-refractivity contribution < 1.29 is 0 Å². The lowest BCUT2D eigenvalue weighted by Gasteiger charge is -2.19. The molecule has 1 aliphatic carbocycles. The average molecular weight is 276 g/mol. The van der Waals surface area contributed by atoms with E-state index in [0.29, 0.717) is 6.04 Å². The molecule has 20 heavy (non-hydrogen) atoms. The second-order valence-corrected chi connectivity index (χ2v) is 5.95. The lowest BCUT2D eigenvalue weighted by molar-refractivity contribution is 0.638. The van der Waals surface area contributed by atoms with Gasteiger partial charge in [-0.15, -0.1) is 0 Å². The van der Waals surface area contributed by atoms with E-state index < -0.39 is 0 Å². The van der Waals surface area contributed by atoms with Crippen LogP contribution in [0, 0.1) is 5.92 Å². The van der Waals surface area contributed by atoms with Crippen LogP contribution in [0.1, 0.15) is 58.4 Å². The Bertz CT molecular complexity index is 415. The summed E-state index contributed by atoms with van der Waals surface area (Å²) in [7, 11) is 0. The molecular formula is C16H28N4. The first-order chi connectivity index (χ1) is 9.74. The molecule has 0 aliphatic heterocycles. The topological polar surface area (TPSA) is 49.8 Å². The average Bonchev–Trinajstić information content (AvgIpc) is 3.23. The molecule has 4 nitrogen and oxygen atoms in total. The number of aromatic nitrogens is 2. The lowest BCUT2D eigenvalue weighted by atomic mass is 10.1. The minimum Gasteiger partial charge on any atom is -0.370 e. The standard InChI is InChI=1S/C16H28N4/c1-4-6-14-15(17-9-5-2)18-11-19-16(14)20-12(3)10-13-7-8-13/h11-13H,4-10H2,1-3H3,(H2,17,18,19,20). The van der Waals surface area contributed by atoms with Crippen LogP contribution in [0.4, 0.5) is 11.6 Å². The first-order valence-corrected chi connectivity index (χ1v) is 8.08. The zero-order valence-corrected chi connectivity index (χ0v) is 13.1. The summed E-state index contributed by atoms with van der Waals surface area (Å²) < 4.78 is 0. The third-order valence-electron chi connectivity index (χ3n) is 3.75. The van der Waals surface area contributed by atoms with Gasteiger partial charge >= 0.3 is 0 Å². The zero-order chi connectivity index (χ0) is 14.4. The molecule has 0 aromatic carbocycles. The van der Waals surface area contributed by atoms with Crippen LogP contribution in [0.3, 0.4) is 0 Å². The summed E-state index contributed by atoms with van der Waals surface area (Å²) in [4.78, 5) is 8.89. The van der Waals surface area contributed by atoms with E-state index in [2.05, 4.69) is 41.4 Å². The number of nitrogens with one attached hydrogen (secondary N) is 2. The highest BCUT2D eigenvalue weighted by molar-refractivity contribution is 5.57. The van der Waals surface area contributed by atoms with Gasteiger partial charge in [0.2, 0.25) is 0 Å². The minimum atomic E-state index is 0.493. The van der Waals surface area contributed by atoms with Gasteiger partial charge in [-0.05, 0) is 32.1 Å². The van der Waals surface area contributed by atoms with E-state index in [1.807, 2.05) is 0 Å². The van der Waals surface area contributed by atoms with E-state index in [4.69, 9.17) is 0 Å². The first-order valence-electron chi connectivity index (χ1n) is 8.08. The minimum absolute atomic E-state index is 0.493. The van der Waals surface area contributed by atoms with Crippen molar-refractivity contribution in [2.24, 2.45) is 5.92 Å². The van der Waals surface area contributed by atoms with E-state index in [1.165, 1.54) is 24.8 Å². The third-order valence-corrected chi connectivity index (χ3v) is 3.75. The molecule has 2 rings (SSSR count). The summed E-state index contributed by atoms with van der Waals surface area (Å²) in [6, 6.07) is 0.493. The van der Waals surface area contributed by atoms with Crippen LogP contribution < -0.4 is 10.6 Å². The maximum absolute atomic E-state index is 4.47. The molecule has 4 heteroatoms. The molecule has 0 bridgehead atoms. The Morgan fingerprint density at radius 3 is 2.60 bits per heavy atom. The van der Waals surface area contributed by atoms with Gasteiger partial charge in [-0.2, -0.15) is 0 Å². The van der Waals surface area contributed by atoms with Crippen molar-refractivity contribution in [1.82, 2.24) is 9.97 Å². The summed E-state index contributed by atoms with van der Waals surface area (Å²) in [5.74, 6) is 2.96. The first kappa shape index (κ1) is 15.1. The van der Waals surface area contributed by atoms with E-state index >= 15 is 0 Å².